The first-order valence-electron chi connectivity index (χ1n) is 8.89. The fourth-order valence-corrected chi connectivity index (χ4v) is 3.27. The molecule has 1 N–H and O–H groups in total. The summed E-state index contributed by atoms with van der Waals surface area (Å²) >= 11 is 0. The molecule has 0 radical (unpaired) electrons. The number of carbonyl (C=O) groups excluding carboxylic acids is 1. The van der Waals surface area contributed by atoms with Crippen molar-refractivity contribution in [2.24, 2.45) is 0 Å². The first-order valence-corrected chi connectivity index (χ1v) is 8.89. The third-order valence-corrected chi connectivity index (χ3v) is 4.86. The summed E-state index contributed by atoms with van der Waals surface area (Å²) in [6.45, 7) is 4.89. The number of amides is 1. The van der Waals surface area contributed by atoms with Gasteiger partial charge < -0.3 is 9.88 Å². The van der Waals surface area contributed by atoms with Crippen molar-refractivity contribution in [1.82, 2.24) is 14.8 Å². The maximum Gasteiger partial charge on any atom is 0.250 e. The molecular formula is C20H25N3O2. The van der Waals surface area contributed by atoms with Crippen LogP contribution in [0.25, 0.3) is 0 Å². The Balaban J connectivity index is 1.45. The van der Waals surface area contributed by atoms with Gasteiger partial charge in [-0.05, 0) is 37.0 Å². The molecule has 25 heavy (non-hydrogen) atoms. The maximum absolute atomic E-state index is 12.4. The van der Waals surface area contributed by atoms with Gasteiger partial charge in [-0.2, -0.15) is 0 Å². The highest BCUT2D eigenvalue weighted by atomic mass is 16.2. The van der Waals surface area contributed by atoms with Gasteiger partial charge in [0.1, 0.15) is 0 Å². The number of pyridine rings is 1. The van der Waals surface area contributed by atoms with Crippen molar-refractivity contribution in [3.05, 3.63) is 70.1 Å². The van der Waals surface area contributed by atoms with E-state index in [0.29, 0.717) is 13.1 Å². The molecular weight excluding hydrogens is 314 g/mol. The summed E-state index contributed by atoms with van der Waals surface area (Å²) in [7, 11) is 0. The number of aryl methyl sites for hydroxylation is 1. The molecule has 1 aliphatic heterocycles. The highest BCUT2D eigenvalue weighted by molar-refractivity contribution is 5.81. The van der Waals surface area contributed by atoms with Crippen LogP contribution in [0.15, 0.2) is 53.5 Å². The van der Waals surface area contributed by atoms with E-state index in [1.807, 2.05) is 13.0 Å². The molecule has 0 fully saturated rings. The average molecular weight is 339 g/mol. The lowest BCUT2D eigenvalue weighted by Crippen LogP contribution is -2.47. The second kappa shape index (κ2) is 8.12. The highest BCUT2D eigenvalue weighted by Gasteiger charge is 2.24. The molecule has 132 valence electrons. The average Bonchev–Trinajstić information content (AvgIpc) is 2.65. The molecule has 0 saturated carbocycles. The third kappa shape index (κ3) is 4.37. The third-order valence-electron chi connectivity index (χ3n) is 4.86. The predicted molar refractivity (Wildman–Crippen MR) is 98.3 cm³/mol. The Labute approximate surface area is 148 Å². The second-order valence-electron chi connectivity index (χ2n) is 6.54. The first kappa shape index (κ1) is 17.4. The van der Waals surface area contributed by atoms with Gasteiger partial charge in [-0.3, -0.25) is 14.5 Å². The number of benzene rings is 1. The molecule has 5 heteroatoms. The Hall–Kier alpha value is -2.40. The van der Waals surface area contributed by atoms with Crippen molar-refractivity contribution in [3.63, 3.8) is 0 Å². The zero-order valence-electron chi connectivity index (χ0n) is 14.6. The Bertz CT molecular complexity index is 784. The number of carbonyl (C=O) groups is 1. The van der Waals surface area contributed by atoms with E-state index in [9.17, 15) is 9.59 Å². The van der Waals surface area contributed by atoms with E-state index in [1.54, 1.807) is 22.9 Å². The van der Waals surface area contributed by atoms with Gasteiger partial charge in [-0.1, -0.05) is 30.3 Å². The molecule has 0 unspecified atom stereocenters. The fourth-order valence-electron chi connectivity index (χ4n) is 3.27. The molecule has 1 aromatic carbocycles. The van der Waals surface area contributed by atoms with Gasteiger partial charge in [-0.15, -0.1) is 0 Å². The summed E-state index contributed by atoms with van der Waals surface area (Å²) < 4.78 is 1.66. The SMILES string of the molecule is C[C@@H](C(=O)NCCCn1ccccc1=O)N1CCc2ccccc2C1. The second-order valence-corrected chi connectivity index (χ2v) is 6.54. The molecule has 5 nitrogen and oxygen atoms in total. The van der Waals surface area contributed by atoms with E-state index < -0.39 is 0 Å². The van der Waals surface area contributed by atoms with Gasteiger partial charge in [-0.25, -0.2) is 0 Å². The van der Waals surface area contributed by atoms with Crippen LogP contribution in [0.5, 0.6) is 0 Å². The minimum absolute atomic E-state index is 0.00539. The standard InChI is InChI=1S/C20H25N3O2/c1-16(23-14-10-17-7-2-3-8-18(17)15-23)20(25)21-11-6-13-22-12-5-4-9-19(22)24/h2-5,7-9,12,16H,6,10-11,13-15H2,1H3,(H,21,25)/t16-/m0/s1. The molecule has 1 amide bonds. The zero-order valence-corrected chi connectivity index (χ0v) is 14.6. The smallest absolute Gasteiger partial charge is 0.250 e. The fraction of sp³-hybridized carbons (Fsp3) is 0.400. The molecule has 0 aliphatic carbocycles. The topological polar surface area (TPSA) is 54.3 Å². The molecule has 3 rings (SSSR count). The summed E-state index contributed by atoms with van der Waals surface area (Å²) in [5.41, 5.74) is 2.70. The largest absolute Gasteiger partial charge is 0.355 e. The summed E-state index contributed by atoms with van der Waals surface area (Å²) in [6.07, 6.45) is 3.51. The molecule has 2 aromatic rings. The normalized spacial score (nSPS) is 15.4. The number of nitrogens with zero attached hydrogens (tertiary/aromatic N) is 2. The van der Waals surface area contributed by atoms with E-state index in [2.05, 4.69) is 34.5 Å². The number of hydrogen-bond donors (Lipinski definition) is 1. The van der Waals surface area contributed by atoms with Crippen LogP contribution in [0.1, 0.15) is 24.5 Å². The molecule has 0 spiro atoms. The number of fused-ring (bicyclic) bond motifs is 1. The minimum Gasteiger partial charge on any atom is -0.355 e. The summed E-state index contributed by atoms with van der Waals surface area (Å²) in [5, 5.41) is 3.00. The Kier molecular flexibility index (Phi) is 5.66. The van der Waals surface area contributed by atoms with Crippen molar-refractivity contribution in [2.75, 3.05) is 13.1 Å². The van der Waals surface area contributed by atoms with Gasteiger partial charge >= 0.3 is 0 Å². The predicted octanol–water partition coefficient (Wildman–Crippen LogP) is 1.80. The molecule has 0 saturated heterocycles. The van der Waals surface area contributed by atoms with Crippen LogP contribution >= 0.6 is 0 Å². The van der Waals surface area contributed by atoms with Gasteiger partial charge in [0.2, 0.25) is 11.5 Å². The lowest BCUT2D eigenvalue weighted by atomic mass is 9.99. The van der Waals surface area contributed by atoms with Crippen molar-refractivity contribution in [2.45, 2.75) is 38.9 Å². The first-order chi connectivity index (χ1) is 12.1. The maximum atomic E-state index is 12.4. The molecule has 0 bridgehead atoms. The Morgan fingerprint density at radius 2 is 1.92 bits per heavy atom. The Morgan fingerprint density at radius 3 is 2.72 bits per heavy atom. The van der Waals surface area contributed by atoms with Crippen LogP contribution in [0.3, 0.4) is 0 Å². The highest BCUT2D eigenvalue weighted by Crippen LogP contribution is 2.20. The van der Waals surface area contributed by atoms with Crippen LogP contribution in [0.4, 0.5) is 0 Å². The number of rotatable bonds is 6. The van der Waals surface area contributed by atoms with Crippen LogP contribution < -0.4 is 10.9 Å². The zero-order chi connectivity index (χ0) is 17.6. The van der Waals surface area contributed by atoms with Crippen molar-refractivity contribution >= 4 is 5.91 Å². The lowest BCUT2D eigenvalue weighted by Gasteiger charge is -2.32. The molecule has 2 heterocycles. The van der Waals surface area contributed by atoms with E-state index in [1.165, 1.54) is 11.1 Å². The molecule has 1 aliphatic rings. The van der Waals surface area contributed by atoms with Crippen molar-refractivity contribution in [1.29, 1.82) is 0 Å². The van der Waals surface area contributed by atoms with E-state index >= 15 is 0 Å². The summed E-state index contributed by atoms with van der Waals surface area (Å²) in [6, 6.07) is 13.4. The quantitative estimate of drug-likeness (QED) is 0.817. The van der Waals surface area contributed by atoms with Crippen molar-refractivity contribution in [3.8, 4) is 0 Å². The van der Waals surface area contributed by atoms with Gasteiger partial charge in [0.05, 0.1) is 6.04 Å². The van der Waals surface area contributed by atoms with Crippen LogP contribution in [-0.4, -0.2) is 34.5 Å². The lowest BCUT2D eigenvalue weighted by molar-refractivity contribution is -0.126. The van der Waals surface area contributed by atoms with Gasteiger partial charge in [0.25, 0.3) is 0 Å². The van der Waals surface area contributed by atoms with Crippen LogP contribution in [0, 0.1) is 0 Å². The molecule has 1 aromatic heterocycles. The van der Waals surface area contributed by atoms with E-state index in [-0.39, 0.29) is 17.5 Å². The molecule has 1 atom stereocenters. The van der Waals surface area contributed by atoms with E-state index in [0.717, 1.165) is 25.9 Å². The monoisotopic (exact) mass is 339 g/mol. The van der Waals surface area contributed by atoms with E-state index in [4.69, 9.17) is 0 Å². The number of nitrogens with one attached hydrogen (secondary N) is 1. The van der Waals surface area contributed by atoms with Crippen LogP contribution in [0.2, 0.25) is 0 Å². The van der Waals surface area contributed by atoms with Gasteiger partial charge in [0, 0.05) is 38.4 Å². The van der Waals surface area contributed by atoms with Crippen LogP contribution in [-0.2, 0) is 24.3 Å². The minimum atomic E-state index is -0.146. The Morgan fingerprint density at radius 1 is 1.16 bits per heavy atom. The number of hydrogen-bond acceptors (Lipinski definition) is 3. The summed E-state index contributed by atoms with van der Waals surface area (Å²) in [4.78, 5) is 26.3. The van der Waals surface area contributed by atoms with Gasteiger partial charge in [0.15, 0.2) is 0 Å². The number of aromatic nitrogens is 1. The summed E-state index contributed by atoms with van der Waals surface area (Å²) in [5.74, 6) is 0.0554. The van der Waals surface area contributed by atoms with Crippen molar-refractivity contribution < 1.29 is 4.79 Å².